The Morgan fingerprint density at radius 3 is 2.96 bits per heavy atom. The second kappa shape index (κ2) is 5.76. The van der Waals surface area contributed by atoms with Crippen LogP contribution < -0.4 is 10.1 Å². The summed E-state index contributed by atoms with van der Waals surface area (Å²) in [5, 5.41) is 4.21. The van der Waals surface area contributed by atoms with E-state index in [-0.39, 0.29) is 5.91 Å². The molecule has 4 nitrogen and oxygen atoms in total. The highest BCUT2D eigenvalue weighted by Gasteiger charge is 2.35. The van der Waals surface area contributed by atoms with Crippen molar-refractivity contribution in [3.05, 3.63) is 42.6 Å². The number of allylic oxidation sites excluding steroid dienone is 2. The molecule has 4 heteroatoms. The van der Waals surface area contributed by atoms with E-state index in [1.807, 2.05) is 35.0 Å². The van der Waals surface area contributed by atoms with Gasteiger partial charge in [0.05, 0.1) is 7.11 Å². The lowest BCUT2D eigenvalue weighted by atomic mass is 9.94. The van der Waals surface area contributed by atoms with Crippen molar-refractivity contribution in [1.82, 2.24) is 9.88 Å². The molecule has 2 aliphatic rings. The summed E-state index contributed by atoms with van der Waals surface area (Å²) in [4.78, 5) is 12.3. The van der Waals surface area contributed by atoms with E-state index in [1.165, 1.54) is 12.8 Å². The predicted molar refractivity (Wildman–Crippen MR) is 90.3 cm³/mol. The minimum absolute atomic E-state index is 0.0880. The van der Waals surface area contributed by atoms with Crippen LogP contribution in [0.2, 0.25) is 0 Å². The van der Waals surface area contributed by atoms with Crippen molar-refractivity contribution in [2.75, 3.05) is 13.7 Å². The van der Waals surface area contributed by atoms with E-state index >= 15 is 0 Å². The first-order chi connectivity index (χ1) is 11.2. The van der Waals surface area contributed by atoms with Crippen molar-refractivity contribution in [2.45, 2.75) is 19.4 Å². The highest BCUT2D eigenvalue weighted by atomic mass is 16.5. The van der Waals surface area contributed by atoms with Crippen molar-refractivity contribution in [2.24, 2.45) is 17.8 Å². The van der Waals surface area contributed by atoms with Crippen molar-refractivity contribution in [3.63, 3.8) is 0 Å². The summed E-state index contributed by atoms with van der Waals surface area (Å²) in [5.74, 6) is 2.99. The van der Waals surface area contributed by atoms with Crippen molar-refractivity contribution in [1.29, 1.82) is 0 Å². The number of rotatable bonds is 5. The quantitative estimate of drug-likeness (QED) is 0.863. The molecule has 0 spiro atoms. The SMILES string of the molecule is COc1ccc2c(ccn2CC(=O)NC[C@H]2C[C@@H]3C=C[C@H]2C3)c1. The second-order valence-electron chi connectivity index (χ2n) is 6.71. The van der Waals surface area contributed by atoms with E-state index in [1.54, 1.807) is 7.11 Å². The Morgan fingerprint density at radius 1 is 1.30 bits per heavy atom. The number of fused-ring (bicyclic) bond motifs is 3. The van der Waals surface area contributed by atoms with Gasteiger partial charge in [-0.1, -0.05) is 12.2 Å². The maximum Gasteiger partial charge on any atom is 0.239 e. The zero-order valence-corrected chi connectivity index (χ0v) is 13.4. The molecule has 1 heterocycles. The molecule has 1 aromatic carbocycles. The molecular formula is C19H22N2O2. The molecule has 0 unspecified atom stereocenters. The van der Waals surface area contributed by atoms with E-state index in [0.29, 0.717) is 18.4 Å². The number of hydrogen-bond donors (Lipinski definition) is 1. The maximum absolute atomic E-state index is 12.3. The van der Waals surface area contributed by atoms with Crippen LogP contribution in [0, 0.1) is 17.8 Å². The number of nitrogens with one attached hydrogen (secondary N) is 1. The molecule has 2 aromatic rings. The summed E-state index contributed by atoms with van der Waals surface area (Å²) in [7, 11) is 1.66. The fraction of sp³-hybridized carbons (Fsp3) is 0.421. The van der Waals surface area contributed by atoms with Crippen LogP contribution in [0.3, 0.4) is 0 Å². The fourth-order valence-corrected chi connectivity index (χ4v) is 4.03. The first-order valence-corrected chi connectivity index (χ1v) is 8.31. The third-order valence-corrected chi connectivity index (χ3v) is 5.27. The topological polar surface area (TPSA) is 43.3 Å². The Labute approximate surface area is 136 Å². The number of aromatic nitrogens is 1. The Balaban J connectivity index is 1.38. The molecule has 1 amide bonds. The summed E-state index contributed by atoms with van der Waals surface area (Å²) < 4.78 is 7.23. The van der Waals surface area contributed by atoms with Gasteiger partial charge >= 0.3 is 0 Å². The first-order valence-electron chi connectivity index (χ1n) is 8.31. The van der Waals surface area contributed by atoms with Gasteiger partial charge in [0.25, 0.3) is 0 Å². The molecular weight excluding hydrogens is 288 g/mol. The van der Waals surface area contributed by atoms with Gasteiger partial charge < -0.3 is 14.6 Å². The highest BCUT2D eigenvalue weighted by molar-refractivity contribution is 5.84. The Hall–Kier alpha value is -2.23. The molecule has 120 valence electrons. The number of nitrogens with zero attached hydrogens (tertiary/aromatic N) is 1. The van der Waals surface area contributed by atoms with E-state index in [4.69, 9.17) is 4.74 Å². The van der Waals surface area contributed by atoms with Crippen LogP contribution in [0.1, 0.15) is 12.8 Å². The molecule has 0 radical (unpaired) electrons. The summed E-state index contributed by atoms with van der Waals surface area (Å²) in [5.41, 5.74) is 1.06. The van der Waals surface area contributed by atoms with Gasteiger partial charge in [-0.15, -0.1) is 0 Å². The monoisotopic (exact) mass is 310 g/mol. The number of ether oxygens (including phenoxy) is 1. The Kier molecular flexibility index (Phi) is 3.60. The third kappa shape index (κ3) is 2.74. The van der Waals surface area contributed by atoms with Gasteiger partial charge in [0.1, 0.15) is 12.3 Å². The lowest BCUT2D eigenvalue weighted by molar-refractivity contribution is -0.121. The molecule has 4 rings (SSSR count). The standard InChI is InChI=1S/C19H22N2O2/c1-23-17-4-5-18-15(10-17)6-7-21(18)12-19(22)20-11-16-9-13-2-3-14(16)8-13/h2-7,10,13-14,16H,8-9,11-12H2,1H3,(H,20,22)/t13-,14+,16-/m1/s1. The van der Waals surface area contributed by atoms with Crippen molar-refractivity contribution >= 4 is 16.8 Å². The smallest absolute Gasteiger partial charge is 0.239 e. The van der Waals surface area contributed by atoms with Gasteiger partial charge in [-0.3, -0.25) is 4.79 Å². The molecule has 1 fully saturated rings. The molecule has 3 atom stereocenters. The van der Waals surface area contributed by atoms with Gasteiger partial charge in [0.15, 0.2) is 0 Å². The lowest BCUT2D eigenvalue weighted by Gasteiger charge is -2.18. The van der Waals surface area contributed by atoms with Gasteiger partial charge in [-0.2, -0.15) is 0 Å². The number of carbonyl (C=O) groups is 1. The fourth-order valence-electron chi connectivity index (χ4n) is 4.03. The summed E-state index contributed by atoms with van der Waals surface area (Å²) in [6.45, 7) is 1.17. The number of hydrogen-bond acceptors (Lipinski definition) is 2. The van der Waals surface area contributed by atoms with Crippen molar-refractivity contribution < 1.29 is 9.53 Å². The number of amides is 1. The first kappa shape index (κ1) is 14.4. The predicted octanol–water partition coefficient (Wildman–Crippen LogP) is 2.98. The highest BCUT2D eigenvalue weighted by Crippen LogP contribution is 2.42. The molecule has 1 N–H and O–H groups in total. The van der Waals surface area contributed by atoms with Gasteiger partial charge in [0.2, 0.25) is 5.91 Å². The van der Waals surface area contributed by atoms with Gasteiger partial charge in [0, 0.05) is 23.6 Å². The second-order valence-corrected chi connectivity index (χ2v) is 6.71. The van der Waals surface area contributed by atoms with E-state index in [2.05, 4.69) is 17.5 Å². The van der Waals surface area contributed by atoms with Crippen LogP contribution >= 0.6 is 0 Å². The summed E-state index contributed by atoms with van der Waals surface area (Å²) >= 11 is 0. The largest absolute Gasteiger partial charge is 0.497 e. The number of benzene rings is 1. The molecule has 0 aliphatic heterocycles. The summed E-state index contributed by atoms with van der Waals surface area (Å²) in [6, 6.07) is 7.94. The normalized spacial score (nSPS) is 25.2. The minimum Gasteiger partial charge on any atom is -0.497 e. The van der Waals surface area contributed by atoms with Crippen LogP contribution in [0.4, 0.5) is 0 Å². The van der Waals surface area contributed by atoms with Crippen LogP contribution in [0.5, 0.6) is 5.75 Å². The van der Waals surface area contributed by atoms with Crippen molar-refractivity contribution in [3.8, 4) is 5.75 Å². The van der Waals surface area contributed by atoms with Gasteiger partial charge in [-0.05, 0) is 54.9 Å². The molecule has 1 aromatic heterocycles. The zero-order chi connectivity index (χ0) is 15.8. The number of carbonyl (C=O) groups excluding carboxylic acids is 1. The molecule has 0 saturated heterocycles. The van der Waals surface area contributed by atoms with E-state index in [9.17, 15) is 4.79 Å². The zero-order valence-electron chi connectivity index (χ0n) is 13.4. The van der Waals surface area contributed by atoms with Gasteiger partial charge in [-0.25, -0.2) is 0 Å². The molecule has 1 saturated carbocycles. The number of methoxy groups -OCH3 is 1. The summed E-state index contributed by atoms with van der Waals surface area (Å²) in [6.07, 6.45) is 9.14. The van der Waals surface area contributed by atoms with Crippen LogP contribution in [-0.2, 0) is 11.3 Å². The third-order valence-electron chi connectivity index (χ3n) is 5.27. The minimum atomic E-state index is 0.0880. The maximum atomic E-state index is 12.3. The van der Waals surface area contributed by atoms with E-state index < -0.39 is 0 Å². The van der Waals surface area contributed by atoms with Crippen LogP contribution in [0.25, 0.3) is 10.9 Å². The average Bonchev–Trinajstić information content (AvgIpc) is 3.28. The average molecular weight is 310 g/mol. The van der Waals surface area contributed by atoms with E-state index in [0.717, 1.165) is 29.1 Å². The molecule has 23 heavy (non-hydrogen) atoms. The Bertz CT molecular complexity index is 762. The Morgan fingerprint density at radius 2 is 2.22 bits per heavy atom. The molecule has 2 aliphatic carbocycles. The molecule has 2 bridgehead atoms. The lowest BCUT2D eigenvalue weighted by Crippen LogP contribution is -2.33. The van der Waals surface area contributed by atoms with Crippen LogP contribution in [-0.4, -0.2) is 24.1 Å². The van der Waals surface area contributed by atoms with Crippen LogP contribution in [0.15, 0.2) is 42.6 Å².